The molecule has 1 radical (unpaired) electrons. The summed E-state index contributed by atoms with van der Waals surface area (Å²) in [5, 5.41) is 3.44. The van der Waals surface area contributed by atoms with E-state index >= 15 is 0 Å². The van der Waals surface area contributed by atoms with E-state index in [1.54, 1.807) is 0 Å². The zero-order chi connectivity index (χ0) is 43.9. The Labute approximate surface area is 388 Å². The van der Waals surface area contributed by atoms with Gasteiger partial charge in [0.2, 0.25) is 5.71 Å². The van der Waals surface area contributed by atoms with Crippen molar-refractivity contribution in [3.8, 4) is 39.5 Å². The van der Waals surface area contributed by atoms with Crippen molar-refractivity contribution in [1.29, 1.82) is 0 Å². The number of imidazole rings is 1. The van der Waals surface area contributed by atoms with Crippen LogP contribution in [0.2, 0.25) is 19.6 Å². The van der Waals surface area contributed by atoms with Gasteiger partial charge in [-0.25, -0.2) is 4.98 Å². The third-order valence-electron chi connectivity index (χ3n) is 11.5. The van der Waals surface area contributed by atoms with Crippen molar-refractivity contribution in [2.45, 2.75) is 93.3 Å². The van der Waals surface area contributed by atoms with Gasteiger partial charge in [-0.15, -0.1) is 53.6 Å². The first-order valence-corrected chi connectivity index (χ1v) is 25.5. The van der Waals surface area contributed by atoms with E-state index in [0.717, 1.165) is 62.1 Å². The van der Waals surface area contributed by atoms with Crippen LogP contribution >= 0.6 is 0 Å². The van der Waals surface area contributed by atoms with Gasteiger partial charge in [0.25, 0.3) is 0 Å². The van der Waals surface area contributed by atoms with Crippen LogP contribution < -0.4 is 5.19 Å². The molecule has 0 aliphatic carbocycles. The number of aromatic nitrogens is 4. The molecule has 5 aromatic carbocycles. The van der Waals surface area contributed by atoms with Crippen molar-refractivity contribution in [2.75, 3.05) is 0 Å². The minimum absolute atomic E-state index is 0. The molecule has 4 aromatic heterocycles. The standard InChI is InChI=1S/C41H40N3O.C15H18NSi.Ir/c1-25(2)33-22-28(27-14-9-8-10-15-27)23-34(26(3)4)37(33)44-36-19-12-11-18-35(36)43-39(44)32-17-13-16-30-31-21-20-29(24-41(5,6)7)42-40(31)45-38(30)32;1-12-5-7-13(8-6-12)15-10-9-14(11-16-15)17(2,3)4;/h8-16,18-23,25-26H,24H2,1-7H3;5-7,9-11H,1-4H3;/q2*-1;. The molecule has 0 unspecified atom stereocenters. The smallest absolute Gasteiger partial charge is 0.216 e. The van der Waals surface area contributed by atoms with Gasteiger partial charge in [-0.05, 0) is 93.2 Å². The van der Waals surface area contributed by atoms with E-state index < -0.39 is 8.07 Å². The second-order valence-corrected chi connectivity index (χ2v) is 24.6. The molecule has 0 N–H and O–H groups in total. The molecular weight excluding hydrogens is 965 g/mol. The van der Waals surface area contributed by atoms with Gasteiger partial charge in [0.1, 0.15) is 0 Å². The van der Waals surface area contributed by atoms with Crippen molar-refractivity contribution >= 4 is 46.4 Å². The maximum Gasteiger partial charge on any atom is 0.216 e. The van der Waals surface area contributed by atoms with Crippen molar-refractivity contribution in [1.82, 2.24) is 19.5 Å². The van der Waals surface area contributed by atoms with E-state index in [1.165, 1.54) is 38.7 Å². The Balaban J connectivity index is 0.000000278. The normalized spacial score (nSPS) is 12.0. The minimum Gasteiger partial charge on any atom is -0.486 e. The van der Waals surface area contributed by atoms with Gasteiger partial charge in [0, 0.05) is 43.1 Å². The number of para-hydroxylation sites is 2. The largest absolute Gasteiger partial charge is 0.486 e. The van der Waals surface area contributed by atoms with Crippen LogP contribution in [0.1, 0.15) is 82.7 Å². The molecule has 323 valence electrons. The minimum atomic E-state index is -1.24. The van der Waals surface area contributed by atoms with Gasteiger partial charge in [-0.2, -0.15) is 0 Å². The molecule has 0 aliphatic heterocycles. The Morgan fingerprint density at radius 3 is 2.05 bits per heavy atom. The van der Waals surface area contributed by atoms with Crippen molar-refractivity contribution in [3.63, 3.8) is 0 Å². The zero-order valence-corrected chi connectivity index (χ0v) is 41.9. The molecule has 0 saturated heterocycles. The number of nitrogens with zero attached hydrogens (tertiary/aromatic N) is 4. The topological polar surface area (TPSA) is 56.7 Å². The number of aryl methyl sites for hydroxylation is 1. The first-order chi connectivity index (χ1) is 29.6. The number of fused-ring (bicyclic) bond motifs is 4. The number of hydrogen-bond donors (Lipinski definition) is 0. The summed E-state index contributed by atoms with van der Waals surface area (Å²) in [4.78, 5) is 14.8. The second kappa shape index (κ2) is 18.3. The van der Waals surface area contributed by atoms with Gasteiger partial charge in [0.15, 0.2) is 0 Å². The van der Waals surface area contributed by atoms with E-state index in [9.17, 15) is 0 Å². The summed E-state index contributed by atoms with van der Waals surface area (Å²) in [7, 11) is -1.24. The Bertz CT molecular complexity index is 2980. The maximum atomic E-state index is 6.62. The van der Waals surface area contributed by atoms with Crippen LogP contribution in [0.3, 0.4) is 0 Å². The number of benzene rings is 5. The molecule has 9 aromatic rings. The fourth-order valence-corrected chi connectivity index (χ4v) is 9.20. The van der Waals surface area contributed by atoms with Crippen molar-refractivity contribution < 1.29 is 24.5 Å². The Morgan fingerprint density at radius 1 is 0.730 bits per heavy atom. The average molecular weight is 1020 g/mol. The van der Waals surface area contributed by atoms with Crippen LogP contribution in [0, 0.1) is 24.5 Å². The summed E-state index contributed by atoms with van der Waals surface area (Å²) >= 11 is 0. The summed E-state index contributed by atoms with van der Waals surface area (Å²) in [6.07, 6.45) is 2.90. The van der Waals surface area contributed by atoms with E-state index in [4.69, 9.17) is 14.4 Å². The third-order valence-corrected chi connectivity index (χ3v) is 13.5. The molecule has 63 heavy (non-hydrogen) atoms. The molecule has 0 bridgehead atoms. The first-order valence-electron chi connectivity index (χ1n) is 22.0. The van der Waals surface area contributed by atoms with Crippen LogP contribution in [0.15, 0.2) is 132 Å². The van der Waals surface area contributed by atoms with Crippen LogP contribution in [-0.4, -0.2) is 27.6 Å². The van der Waals surface area contributed by atoms with Gasteiger partial charge < -0.3 is 14.0 Å². The summed E-state index contributed by atoms with van der Waals surface area (Å²) < 4.78 is 8.97. The van der Waals surface area contributed by atoms with Gasteiger partial charge in [-0.1, -0.05) is 141 Å². The molecule has 9 rings (SSSR count). The van der Waals surface area contributed by atoms with Crippen LogP contribution in [0.25, 0.3) is 72.6 Å². The number of pyridine rings is 2. The van der Waals surface area contributed by atoms with Gasteiger partial charge >= 0.3 is 0 Å². The molecule has 0 spiro atoms. The van der Waals surface area contributed by atoms with Crippen molar-refractivity contribution in [2.24, 2.45) is 5.41 Å². The molecule has 5 nitrogen and oxygen atoms in total. The van der Waals surface area contributed by atoms with E-state index in [-0.39, 0.29) is 37.4 Å². The average Bonchev–Trinajstić information content (AvgIpc) is 3.81. The van der Waals surface area contributed by atoms with E-state index in [1.807, 2.05) is 18.3 Å². The Hall–Kier alpha value is -5.46. The van der Waals surface area contributed by atoms with E-state index in [0.29, 0.717) is 5.71 Å². The molecule has 0 atom stereocenters. The molecule has 0 aliphatic rings. The molecular formula is C56H58IrN4OSi-2. The fourth-order valence-electron chi connectivity index (χ4n) is 8.16. The zero-order valence-electron chi connectivity index (χ0n) is 38.5. The maximum absolute atomic E-state index is 6.62. The van der Waals surface area contributed by atoms with Crippen molar-refractivity contribution in [3.05, 3.63) is 162 Å². The van der Waals surface area contributed by atoms with E-state index in [2.05, 4.69) is 206 Å². The Kier molecular flexibility index (Phi) is 13.3. The molecule has 4 heterocycles. The Morgan fingerprint density at radius 2 is 1.43 bits per heavy atom. The predicted octanol–water partition coefficient (Wildman–Crippen LogP) is 14.7. The number of furan rings is 1. The SMILES string of the molecule is CC(C)c1cc(-c2ccccc2)cc(C(C)C)c1-n1c(-c2[c-]ccc3c2oc2nc(CC(C)(C)C)ccc23)nc2ccccc21.Cc1c[c-]c(-c2ccc([Si](C)(C)C)cn2)cc1.[Ir]. The molecule has 0 saturated carbocycles. The summed E-state index contributed by atoms with van der Waals surface area (Å²) in [6.45, 7) is 24.9. The summed E-state index contributed by atoms with van der Waals surface area (Å²) in [5.74, 6) is 1.39. The molecule has 0 amide bonds. The quantitative estimate of drug-likeness (QED) is 0.112. The first kappa shape index (κ1) is 45.6. The predicted molar refractivity (Wildman–Crippen MR) is 263 cm³/mol. The van der Waals surface area contributed by atoms with Crippen LogP contribution in [0.4, 0.5) is 0 Å². The fraction of sp³-hybridized carbons (Fsp3) is 0.268. The monoisotopic (exact) mass is 1020 g/mol. The number of hydrogen-bond acceptors (Lipinski definition) is 4. The van der Waals surface area contributed by atoms with Gasteiger partial charge in [0.05, 0.1) is 30.5 Å². The van der Waals surface area contributed by atoms with Crippen LogP contribution in [-0.2, 0) is 26.5 Å². The van der Waals surface area contributed by atoms with Gasteiger partial charge in [-0.3, -0.25) is 4.98 Å². The molecule has 0 fully saturated rings. The summed E-state index contributed by atoms with van der Waals surface area (Å²) in [5.41, 5.74) is 15.0. The van der Waals surface area contributed by atoms with Crippen LogP contribution in [0.5, 0.6) is 0 Å². The molecule has 7 heteroatoms. The summed E-state index contributed by atoms with van der Waals surface area (Å²) in [6, 6.07) is 49.5. The number of rotatable bonds is 8. The third kappa shape index (κ3) is 9.72. The second-order valence-electron chi connectivity index (χ2n) is 19.5.